The normalized spacial score (nSPS) is 12.4. The maximum absolute atomic E-state index is 9.56. The molecule has 1 aromatic carbocycles. The van der Waals surface area contributed by atoms with Crippen LogP contribution >= 0.6 is 0 Å². The van der Waals surface area contributed by atoms with Gasteiger partial charge in [0.25, 0.3) is 0 Å². The molecule has 5 heteroatoms. The van der Waals surface area contributed by atoms with E-state index in [9.17, 15) is 5.11 Å². The largest absolute Gasteiger partial charge is 0.394 e. The van der Waals surface area contributed by atoms with Crippen molar-refractivity contribution in [2.45, 2.75) is 12.5 Å². The van der Waals surface area contributed by atoms with Crippen LogP contribution in [0.1, 0.15) is 5.56 Å². The standard InChI is InChI=1S/C15H16N4O/c20-11-13(10-12-4-2-1-3-5-12)18-15-14-6-7-17-19(14)9-8-16-15/h1-9,13,20H,10-11H2,(H,16,18). The van der Waals surface area contributed by atoms with E-state index in [2.05, 4.69) is 27.5 Å². The lowest BCUT2D eigenvalue weighted by Crippen LogP contribution is -2.27. The number of hydrogen-bond acceptors (Lipinski definition) is 4. The molecular formula is C15H16N4O. The first-order chi connectivity index (χ1) is 9.86. The van der Waals surface area contributed by atoms with E-state index < -0.39 is 0 Å². The molecule has 0 spiro atoms. The zero-order chi connectivity index (χ0) is 13.8. The molecule has 0 saturated heterocycles. The minimum Gasteiger partial charge on any atom is -0.394 e. The highest BCUT2D eigenvalue weighted by molar-refractivity contribution is 5.67. The number of anilines is 1. The van der Waals surface area contributed by atoms with Gasteiger partial charge in [-0.15, -0.1) is 0 Å². The van der Waals surface area contributed by atoms with Crippen LogP contribution in [0.5, 0.6) is 0 Å². The third kappa shape index (κ3) is 2.62. The molecular weight excluding hydrogens is 252 g/mol. The Bertz CT molecular complexity index is 680. The van der Waals surface area contributed by atoms with Crippen molar-refractivity contribution in [3.05, 3.63) is 60.6 Å². The molecule has 0 aliphatic carbocycles. The van der Waals surface area contributed by atoms with Gasteiger partial charge in [-0.1, -0.05) is 30.3 Å². The van der Waals surface area contributed by atoms with Crippen molar-refractivity contribution < 1.29 is 5.11 Å². The second kappa shape index (κ2) is 5.71. The molecule has 2 aromatic heterocycles. The zero-order valence-electron chi connectivity index (χ0n) is 11.0. The number of nitrogens with zero attached hydrogens (tertiary/aromatic N) is 3. The van der Waals surface area contributed by atoms with E-state index >= 15 is 0 Å². The summed E-state index contributed by atoms with van der Waals surface area (Å²) in [5.74, 6) is 0.736. The number of aliphatic hydroxyl groups excluding tert-OH is 1. The molecule has 2 heterocycles. The Hall–Kier alpha value is -2.40. The van der Waals surface area contributed by atoms with Crippen LogP contribution in [0.25, 0.3) is 5.52 Å². The SMILES string of the molecule is OCC(Cc1ccccc1)Nc1nccn2nccc12. The van der Waals surface area contributed by atoms with E-state index in [0.29, 0.717) is 0 Å². The molecule has 0 aliphatic heterocycles. The zero-order valence-corrected chi connectivity index (χ0v) is 11.0. The summed E-state index contributed by atoms with van der Waals surface area (Å²) < 4.78 is 1.76. The predicted molar refractivity (Wildman–Crippen MR) is 77.6 cm³/mol. The summed E-state index contributed by atoms with van der Waals surface area (Å²) in [5, 5.41) is 17.0. The lowest BCUT2D eigenvalue weighted by atomic mass is 10.1. The minimum absolute atomic E-state index is 0.0474. The number of aromatic nitrogens is 3. The fourth-order valence-electron chi connectivity index (χ4n) is 2.22. The first kappa shape index (κ1) is 12.6. The van der Waals surface area contributed by atoms with Gasteiger partial charge < -0.3 is 10.4 Å². The van der Waals surface area contributed by atoms with Crippen LogP contribution < -0.4 is 5.32 Å². The van der Waals surface area contributed by atoms with Crippen molar-refractivity contribution in [2.75, 3.05) is 11.9 Å². The molecule has 102 valence electrons. The topological polar surface area (TPSA) is 62.5 Å². The van der Waals surface area contributed by atoms with Crippen molar-refractivity contribution in [3.63, 3.8) is 0 Å². The number of hydrogen-bond donors (Lipinski definition) is 2. The Kier molecular flexibility index (Phi) is 3.60. The lowest BCUT2D eigenvalue weighted by Gasteiger charge is -2.17. The van der Waals surface area contributed by atoms with E-state index in [0.717, 1.165) is 17.8 Å². The van der Waals surface area contributed by atoms with Crippen LogP contribution in [-0.4, -0.2) is 32.4 Å². The highest BCUT2D eigenvalue weighted by Gasteiger charge is 2.11. The Balaban J connectivity index is 1.79. The van der Waals surface area contributed by atoms with Crippen molar-refractivity contribution in [3.8, 4) is 0 Å². The molecule has 1 unspecified atom stereocenters. The summed E-state index contributed by atoms with van der Waals surface area (Å²) in [6.45, 7) is 0.0474. The highest BCUT2D eigenvalue weighted by atomic mass is 16.3. The summed E-state index contributed by atoms with van der Waals surface area (Å²) in [6.07, 6.45) is 5.96. The van der Waals surface area contributed by atoms with Crippen molar-refractivity contribution in [1.82, 2.24) is 14.6 Å². The Morgan fingerprint density at radius 2 is 2.00 bits per heavy atom. The van der Waals surface area contributed by atoms with Crippen LogP contribution in [0.4, 0.5) is 5.82 Å². The first-order valence-electron chi connectivity index (χ1n) is 6.56. The molecule has 0 amide bonds. The maximum atomic E-state index is 9.56. The van der Waals surface area contributed by atoms with Crippen LogP contribution in [0, 0.1) is 0 Å². The smallest absolute Gasteiger partial charge is 0.152 e. The minimum atomic E-state index is -0.0778. The van der Waals surface area contributed by atoms with Gasteiger partial charge in [-0.3, -0.25) is 0 Å². The summed E-state index contributed by atoms with van der Waals surface area (Å²) in [4.78, 5) is 4.33. The Labute approximate surface area is 116 Å². The van der Waals surface area contributed by atoms with Gasteiger partial charge in [-0.2, -0.15) is 5.10 Å². The second-order valence-corrected chi connectivity index (χ2v) is 4.65. The van der Waals surface area contributed by atoms with Crippen LogP contribution in [0.15, 0.2) is 55.0 Å². The third-order valence-corrected chi connectivity index (χ3v) is 3.21. The van der Waals surface area contributed by atoms with E-state index in [1.165, 1.54) is 5.56 Å². The Morgan fingerprint density at radius 3 is 2.80 bits per heavy atom. The molecule has 5 nitrogen and oxygen atoms in total. The summed E-state index contributed by atoms with van der Waals surface area (Å²) in [6, 6.07) is 11.9. The number of benzene rings is 1. The van der Waals surface area contributed by atoms with Gasteiger partial charge in [0.05, 0.1) is 18.8 Å². The maximum Gasteiger partial charge on any atom is 0.152 e. The molecule has 0 radical (unpaired) electrons. The summed E-state index contributed by atoms with van der Waals surface area (Å²) in [7, 11) is 0. The molecule has 0 saturated carbocycles. The van der Waals surface area contributed by atoms with Gasteiger partial charge in [0.1, 0.15) is 5.52 Å². The molecule has 2 N–H and O–H groups in total. The molecule has 3 aromatic rings. The van der Waals surface area contributed by atoms with Gasteiger partial charge in [-0.25, -0.2) is 9.50 Å². The van der Waals surface area contributed by atoms with E-state index in [1.807, 2.05) is 24.3 Å². The van der Waals surface area contributed by atoms with Gasteiger partial charge in [-0.05, 0) is 18.1 Å². The van der Waals surface area contributed by atoms with E-state index in [-0.39, 0.29) is 12.6 Å². The number of nitrogens with one attached hydrogen (secondary N) is 1. The lowest BCUT2D eigenvalue weighted by molar-refractivity contribution is 0.273. The first-order valence-corrected chi connectivity index (χ1v) is 6.56. The predicted octanol–water partition coefficient (Wildman–Crippen LogP) is 1.74. The molecule has 3 rings (SSSR count). The fourth-order valence-corrected chi connectivity index (χ4v) is 2.22. The molecule has 0 bridgehead atoms. The van der Waals surface area contributed by atoms with Crippen molar-refractivity contribution in [1.29, 1.82) is 0 Å². The summed E-state index contributed by atoms with van der Waals surface area (Å²) >= 11 is 0. The number of aliphatic hydroxyl groups is 1. The van der Waals surface area contributed by atoms with Gasteiger partial charge >= 0.3 is 0 Å². The van der Waals surface area contributed by atoms with Crippen LogP contribution in [-0.2, 0) is 6.42 Å². The van der Waals surface area contributed by atoms with Crippen molar-refractivity contribution >= 4 is 11.3 Å². The van der Waals surface area contributed by atoms with Crippen LogP contribution in [0.3, 0.4) is 0 Å². The van der Waals surface area contributed by atoms with E-state index in [1.54, 1.807) is 23.1 Å². The van der Waals surface area contributed by atoms with Gasteiger partial charge in [0.15, 0.2) is 5.82 Å². The Morgan fingerprint density at radius 1 is 1.15 bits per heavy atom. The van der Waals surface area contributed by atoms with Gasteiger partial charge in [0.2, 0.25) is 0 Å². The average molecular weight is 268 g/mol. The average Bonchev–Trinajstić information content (AvgIpc) is 2.97. The second-order valence-electron chi connectivity index (χ2n) is 4.65. The monoisotopic (exact) mass is 268 g/mol. The highest BCUT2D eigenvalue weighted by Crippen LogP contribution is 2.15. The van der Waals surface area contributed by atoms with Crippen molar-refractivity contribution in [2.24, 2.45) is 0 Å². The molecule has 20 heavy (non-hydrogen) atoms. The van der Waals surface area contributed by atoms with Crippen LogP contribution in [0.2, 0.25) is 0 Å². The molecule has 0 aliphatic rings. The number of fused-ring (bicyclic) bond motifs is 1. The molecule has 1 atom stereocenters. The van der Waals surface area contributed by atoms with Gasteiger partial charge in [0, 0.05) is 12.4 Å². The fraction of sp³-hybridized carbons (Fsp3) is 0.200. The quantitative estimate of drug-likeness (QED) is 0.740. The van der Waals surface area contributed by atoms with E-state index in [4.69, 9.17) is 0 Å². The summed E-state index contributed by atoms with van der Waals surface area (Å²) in [5.41, 5.74) is 2.08. The third-order valence-electron chi connectivity index (χ3n) is 3.21. The number of rotatable bonds is 5. The molecule has 0 fully saturated rings.